The van der Waals surface area contributed by atoms with Gasteiger partial charge in [-0.25, -0.2) is 0 Å². The summed E-state index contributed by atoms with van der Waals surface area (Å²) in [4.78, 5) is 12.6. The third-order valence-electron chi connectivity index (χ3n) is 3.90. The Bertz CT molecular complexity index is 660. The van der Waals surface area contributed by atoms with E-state index in [-0.39, 0.29) is 5.78 Å². The van der Waals surface area contributed by atoms with Crippen LogP contribution in [0, 0.1) is 0 Å². The predicted octanol–water partition coefficient (Wildman–Crippen LogP) is 5.49. The molecule has 0 N–H and O–H groups in total. The Labute approximate surface area is 128 Å². The lowest BCUT2D eigenvalue weighted by molar-refractivity contribution is 0.103. The number of carbonyl (C=O) groups is 1. The molecule has 0 unspecified atom stereocenters. The fourth-order valence-corrected chi connectivity index (χ4v) is 2.88. The minimum absolute atomic E-state index is 0.0707. The summed E-state index contributed by atoms with van der Waals surface area (Å²) < 4.78 is 0. The molecular formula is C17H14Cl2O. The minimum Gasteiger partial charge on any atom is -0.289 e. The molecule has 3 heteroatoms. The van der Waals surface area contributed by atoms with E-state index >= 15 is 0 Å². The highest BCUT2D eigenvalue weighted by Gasteiger charge is 2.21. The molecule has 1 aliphatic carbocycles. The van der Waals surface area contributed by atoms with E-state index < -0.39 is 0 Å². The molecule has 0 spiro atoms. The number of hydrogen-bond donors (Lipinski definition) is 0. The van der Waals surface area contributed by atoms with Gasteiger partial charge in [-0.05, 0) is 48.6 Å². The van der Waals surface area contributed by atoms with Crippen LogP contribution in [0.2, 0.25) is 10.0 Å². The van der Waals surface area contributed by atoms with Gasteiger partial charge in [0.2, 0.25) is 0 Å². The zero-order chi connectivity index (χ0) is 14.1. The lowest BCUT2D eigenvalue weighted by Gasteiger charge is -2.26. The van der Waals surface area contributed by atoms with Gasteiger partial charge in [-0.15, -0.1) is 0 Å². The molecule has 0 aromatic heterocycles. The number of benzene rings is 2. The number of rotatable bonds is 3. The Kier molecular flexibility index (Phi) is 3.82. The zero-order valence-corrected chi connectivity index (χ0v) is 12.4. The van der Waals surface area contributed by atoms with Crippen molar-refractivity contribution < 1.29 is 4.79 Å². The van der Waals surface area contributed by atoms with Crippen LogP contribution in [0.15, 0.2) is 42.5 Å². The van der Waals surface area contributed by atoms with Gasteiger partial charge in [-0.3, -0.25) is 4.79 Å². The quantitative estimate of drug-likeness (QED) is 0.685. The monoisotopic (exact) mass is 304 g/mol. The molecule has 2 aromatic rings. The summed E-state index contributed by atoms with van der Waals surface area (Å²) in [7, 11) is 0. The zero-order valence-electron chi connectivity index (χ0n) is 10.9. The Hall–Kier alpha value is -1.31. The highest BCUT2D eigenvalue weighted by Crippen LogP contribution is 2.36. The smallest absolute Gasteiger partial charge is 0.194 e. The first kappa shape index (κ1) is 13.7. The van der Waals surface area contributed by atoms with Crippen molar-refractivity contribution in [3.63, 3.8) is 0 Å². The van der Waals surface area contributed by atoms with Crippen LogP contribution in [0.4, 0.5) is 0 Å². The van der Waals surface area contributed by atoms with E-state index in [2.05, 4.69) is 6.07 Å². The van der Waals surface area contributed by atoms with Gasteiger partial charge in [-0.2, -0.15) is 0 Å². The summed E-state index contributed by atoms with van der Waals surface area (Å²) in [6.07, 6.45) is 3.72. The summed E-state index contributed by atoms with van der Waals surface area (Å²) in [5.74, 6) is 0.538. The van der Waals surface area contributed by atoms with Gasteiger partial charge in [-0.1, -0.05) is 47.8 Å². The van der Waals surface area contributed by atoms with Crippen molar-refractivity contribution in [3.8, 4) is 0 Å². The average Bonchev–Trinajstić information content (AvgIpc) is 2.39. The standard InChI is InChI=1S/C17H14Cl2O/c18-14-7-8-16(19)15(10-14)17(20)13-6-2-5-12(9-13)11-3-1-4-11/h2,5-11H,1,3-4H2. The molecule has 3 rings (SSSR count). The minimum atomic E-state index is -0.0707. The lowest BCUT2D eigenvalue weighted by atomic mass is 9.79. The molecule has 0 amide bonds. The molecule has 102 valence electrons. The van der Waals surface area contributed by atoms with Crippen LogP contribution in [0.5, 0.6) is 0 Å². The van der Waals surface area contributed by atoms with Crippen molar-refractivity contribution in [3.05, 3.63) is 69.2 Å². The fraction of sp³-hybridized carbons (Fsp3) is 0.235. The van der Waals surface area contributed by atoms with Crippen LogP contribution >= 0.6 is 23.2 Å². The second kappa shape index (κ2) is 5.59. The van der Waals surface area contributed by atoms with E-state index in [1.807, 2.05) is 18.2 Å². The van der Waals surface area contributed by atoms with Crippen LogP contribution in [0.3, 0.4) is 0 Å². The molecule has 0 aliphatic heterocycles. The Balaban J connectivity index is 1.95. The normalized spacial score (nSPS) is 14.9. The van der Waals surface area contributed by atoms with Gasteiger partial charge in [0.25, 0.3) is 0 Å². The first-order valence-corrected chi connectivity index (χ1v) is 7.50. The third kappa shape index (κ3) is 2.61. The second-order valence-corrected chi connectivity index (χ2v) is 6.05. The highest BCUT2D eigenvalue weighted by atomic mass is 35.5. The second-order valence-electron chi connectivity index (χ2n) is 5.21. The van der Waals surface area contributed by atoms with Crippen LogP contribution in [-0.4, -0.2) is 5.78 Å². The topological polar surface area (TPSA) is 17.1 Å². The maximum absolute atomic E-state index is 12.6. The summed E-state index contributed by atoms with van der Waals surface area (Å²) in [6.45, 7) is 0. The molecular weight excluding hydrogens is 291 g/mol. The SMILES string of the molecule is O=C(c1cccc(C2CCC2)c1)c1cc(Cl)ccc1Cl. The maximum atomic E-state index is 12.6. The van der Waals surface area contributed by atoms with E-state index in [1.165, 1.54) is 24.8 Å². The number of ketones is 1. The molecule has 0 atom stereocenters. The molecule has 0 heterocycles. The Morgan fingerprint density at radius 1 is 1.05 bits per heavy atom. The van der Waals surface area contributed by atoms with Crippen LogP contribution in [0.1, 0.15) is 46.7 Å². The van der Waals surface area contributed by atoms with Gasteiger partial charge in [0.15, 0.2) is 5.78 Å². The van der Waals surface area contributed by atoms with Gasteiger partial charge in [0, 0.05) is 16.1 Å². The number of carbonyl (C=O) groups excluding carboxylic acids is 1. The van der Waals surface area contributed by atoms with E-state index in [0.29, 0.717) is 27.1 Å². The average molecular weight is 305 g/mol. The van der Waals surface area contributed by atoms with Crippen molar-refractivity contribution >= 4 is 29.0 Å². The Morgan fingerprint density at radius 3 is 2.55 bits per heavy atom. The molecule has 1 nitrogen and oxygen atoms in total. The molecule has 0 saturated heterocycles. The van der Waals surface area contributed by atoms with Crippen molar-refractivity contribution in [1.29, 1.82) is 0 Å². The Morgan fingerprint density at radius 2 is 1.85 bits per heavy atom. The molecule has 0 bridgehead atoms. The fourth-order valence-electron chi connectivity index (χ4n) is 2.50. The van der Waals surface area contributed by atoms with E-state index in [0.717, 1.165) is 0 Å². The van der Waals surface area contributed by atoms with Crippen LogP contribution in [0.25, 0.3) is 0 Å². The third-order valence-corrected chi connectivity index (χ3v) is 4.46. The largest absolute Gasteiger partial charge is 0.289 e. The molecule has 0 radical (unpaired) electrons. The van der Waals surface area contributed by atoms with Crippen molar-refractivity contribution in [2.24, 2.45) is 0 Å². The first-order chi connectivity index (χ1) is 9.65. The van der Waals surface area contributed by atoms with Gasteiger partial charge < -0.3 is 0 Å². The van der Waals surface area contributed by atoms with E-state index in [9.17, 15) is 4.79 Å². The maximum Gasteiger partial charge on any atom is 0.194 e. The molecule has 2 aromatic carbocycles. The molecule has 20 heavy (non-hydrogen) atoms. The van der Waals surface area contributed by atoms with Gasteiger partial charge in [0.1, 0.15) is 0 Å². The van der Waals surface area contributed by atoms with Crippen molar-refractivity contribution in [2.75, 3.05) is 0 Å². The summed E-state index contributed by atoms with van der Waals surface area (Å²) in [6, 6.07) is 12.8. The number of hydrogen-bond acceptors (Lipinski definition) is 1. The van der Waals surface area contributed by atoms with Crippen LogP contribution < -0.4 is 0 Å². The van der Waals surface area contributed by atoms with E-state index in [4.69, 9.17) is 23.2 Å². The lowest BCUT2D eigenvalue weighted by Crippen LogP contribution is -2.10. The highest BCUT2D eigenvalue weighted by molar-refractivity contribution is 6.36. The van der Waals surface area contributed by atoms with Crippen molar-refractivity contribution in [2.45, 2.75) is 25.2 Å². The molecule has 1 saturated carbocycles. The summed E-state index contributed by atoms with van der Waals surface area (Å²) >= 11 is 12.1. The van der Waals surface area contributed by atoms with Gasteiger partial charge in [0.05, 0.1) is 5.02 Å². The first-order valence-electron chi connectivity index (χ1n) is 6.75. The predicted molar refractivity (Wildman–Crippen MR) is 82.9 cm³/mol. The molecule has 1 aliphatic rings. The summed E-state index contributed by atoms with van der Waals surface area (Å²) in [5, 5.41) is 0.960. The summed E-state index contributed by atoms with van der Waals surface area (Å²) in [5.41, 5.74) is 2.39. The van der Waals surface area contributed by atoms with E-state index in [1.54, 1.807) is 18.2 Å². The van der Waals surface area contributed by atoms with Crippen molar-refractivity contribution in [1.82, 2.24) is 0 Å². The number of halogens is 2. The van der Waals surface area contributed by atoms with Crippen LogP contribution in [-0.2, 0) is 0 Å². The molecule has 1 fully saturated rings. The van der Waals surface area contributed by atoms with Gasteiger partial charge >= 0.3 is 0 Å².